The predicted octanol–water partition coefficient (Wildman–Crippen LogP) is 2.25. The summed E-state index contributed by atoms with van der Waals surface area (Å²) in [6.45, 7) is 2.88. The number of benzene rings is 2. The number of rotatable bonds is 6. The Kier molecular flexibility index (Phi) is 6.82. The number of nitrogens with zero attached hydrogens (tertiary/aromatic N) is 3. The van der Waals surface area contributed by atoms with Crippen molar-refractivity contribution in [1.82, 2.24) is 14.7 Å². The molecule has 0 atom stereocenters. The zero-order valence-electron chi connectivity index (χ0n) is 16.8. The third-order valence-electron chi connectivity index (χ3n) is 5.15. The minimum atomic E-state index is -0.308. The van der Waals surface area contributed by atoms with Gasteiger partial charge in [-0.2, -0.15) is 0 Å². The van der Waals surface area contributed by atoms with E-state index < -0.39 is 0 Å². The lowest BCUT2D eigenvalue weighted by Crippen LogP contribution is -2.51. The molecule has 2 amide bonds. The highest BCUT2D eigenvalue weighted by atomic mass is 19.1. The van der Waals surface area contributed by atoms with E-state index in [0.717, 1.165) is 0 Å². The number of carbonyl (C=O) groups excluding carboxylic acids is 2. The molecule has 1 aliphatic heterocycles. The van der Waals surface area contributed by atoms with Crippen LogP contribution in [0.4, 0.5) is 4.39 Å². The van der Waals surface area contributed by atoms with Gasteiger partial charge in [0.15, 0.2) is 0 Å². The Balaban J connectivity index is 1.48. The zero-order chi connectivity index (χ0) is 20.8. The Hall–Kier alpha value is -2.93. The highest BCUT2D eigenvalue weighted by molar-refractivity contribution is 5.94. The molecule has 0 aliphatic carbocycles. The maximum atomic E-state index is 13.8. The SMILES string of the molecule is COc1ccc(C(=O)N2CCN(CC(=O)N(C)Cc3ccccc3F)CC2)cc1. The molecule has 0 N–H and O–H groups in total. The number of hydrogen-bond donors (Lipinski definition) is 0. The maximum Gasteiger partial charge on any atom is 0.253 e. The number of amides is 2. The molecule has 1 saturated heterocycles. The van der Waals surface area contributed by atoms with E-state index in [2.05, 4.69) is 0 Å². The van der Waals surface area contributed by atoms with E-state index in [4.69, 9.17) is 4.74 Å². The Morgan fingerprint density at radius 2 is 1.69 bits per heavy atom. The fraction of sp³-hybridized carbons (Fsp3) is 0.364. The van der Waals surface area contributed by atoms with E-state index >= 15 is 0 Å². The molecule has 1 heterocycles. The van der Waals surface area contributed by atoms with Gasteiger partial charge in [0.25, 0.3) is 5.91 Å². The average Bonchev–Trinajstić information content (AvgIpc) is 2.75. The van der Waals surface area contributed by atoms with Gasteiger partial charge in [-0.25, -0.2) is 4.39 Å². The van der Waals surface area contributed by atoms with Crippen molar-refractivity contribution in [2.75, 3.05) is 46.9 Å². The third kappa shape index (κ3) is 5.32. The Bertz CT molecular complexity index is 849. The van der Waals surface area contributed by atoms with Gasteiger partial charge in [-0.1, -0.05) is 18.2 Å². The molecule has 0 radical (unpaired) electrons. The van der Waals surface area contributed by atoms with Gasteiger partial charge in [-0.15, -0.1) is 0 Å². The summed E-state index contributed by atoms with van der Waals surface area (Å²) in [7, 11) is 3.27. The molecule has 0 bridgehead atoms. The monoisotopic (exact) mass is 399 g/mol. The van der Waals surface area contributed by atoms with Crippen molar-refractivity contribution in [2.24, 2.45) is 0 Å². The number of carbonyl (C=O) groups is 2. The summed E-state index contributed by atoms with van der Waals surface area (Å²) in [4.78, 5) is 30.5. The average molecular weight is 399 g/mol. The molecule has 3 rings (SSSR count). The third-order valence-corrected chi connectivity index (χ3v) is 5.15. The van der Waals surface area contributed by atoms with E-state index in [1.54, 1.807) is 61.5 Å². The molecule has 2 aromatic rings. The molecule has 7 heteroatoms. The summed E-state index contributed by atoms with van der Waals surface area (Å²) < 4.78 is 18.9. The van der Waals surface area contributed by atoms with Crippen LogP contribution in [0.2, 0.25) is 0 Å². The summed E-state index contributed by atoms with van der Waals surface area (Å²) in [5.41, 5.74) is 1.12. The zero-order valence-corrected chi connectivity index (χ0v) is 16.8. The Morgan fingerprint density at radius 1 is 1.03 bits per heavy atom. The Labute approximate surface area is 170 Å². The lowest BCUT2D eigenvalue weighted by molar-refractivity contribution is -0.132. The first kappa shape index (κ1) is 20.8. The van der Waals surface area contributed by atoms with Crippen LogP contribution in [0, 0.1) is 5.82 Å². The highest BCUT2D eigenvalue weighted by Gasteiger charge is 2.24. The minimum absolute atomic E-state index is 0.0182. The lowest BCUT2D eigenvalue weighted by atomic mass is 10.1. The standard InChI is InChI=1S/C22H26FN3O3/c1-24(15-18-5-3-4-6-20(18)23)21(27)16-25-11-13-26(14-12-25)22(28)17-7-9-19(29-2)10-8-17/h3-10H,11-16H2,1-2H3. The molecular weight excluding hydrogens is 373 g/mol. The summed E-state index contributed by atoms with van der Waals surface area (Å²) >= 11 is 0. The first-order valence-corrected chi connectivity index (χ1v) is 9.61. The van der Waals surface area contributed by atoms with Gasteiger partial charge in [0.2, 0.25) is 5.91 Å². The van der Waals surface area contributed by atoms with E-state index in [9.17, 15) is 14.0 Å². The second-order valence-electron chi connectivity index (χ2n) is 7.14. The number of likely N-dealkylation sites (N-methyl/N-ethyl adjacent to an activating group) is 1. The van der Waals surface area contributed by atoms with Crippen molar-refractivity contribution in [3.8, 4) is 5.75 Å². The number of hydrogen-bond acceptors (Lipinski definition) is 4. The second-order valence-corrected chi connectivity index (χ2v) is 7.14. The van der Waals surface area contributed by atoms with Crippen molar-refractivity contribution in [3.05, 3.63) is 65.5 Å². The van der Waals surface area contributed by atoms with Gasteiger partial charge in [-0.3, -0.25) is 14.5 Å². The van der Waals surface area contributed by atoms with Crippen molar-refractivity contribution in [1.29, 1.82) is 0 Å². The summed E-state index contributed by atoms with van der Waals surface area (Å²) in [5.74, 6) is 0.320. The van der Waals surface area contributed by atoms with Gasteiger partial charge in [0, 0.05) is 50.9 Å². The molecule has 0 saturated carbocycles. The summed E-state index contributed by atoms with van der Waals surface area (Å²) in [6.07, 6.45) is 0. The first-order chi connectivity index (χ1) is 14.0. The van der Waals surface area contributed by atoms with E-state index in [-0.39, 0.29) is 30.7 Å². The van der Waals surface area contributed by atoms with Crippen LogP contribution in [-0.4, -0.2) is 73.4 Å². The van der Waals surface area contributed by atoms with Gasteiger partial charge in [0.1, 0.15) is 11.6 Å². The van der Waals surface area contributed by atoms with E-state index in [0.29, 0.717) is 43.1 Å². The smallest absolute Gasteiger partial charge is 0.253 e. The van der Waals surface area contributed by atoms with E-state index in [1.807, 2.05) is 4.90 Å². The molecule has 1 aliphatic rings. The summed E-state index contributed by atoms with van der Waals surface area (Å²) in [5, 5.41) is 0. The number of methoxy groups -OCH3 is 1. The molecule has 0 unspecified atom stereocenters. The normalized spacial score (nSPS) is 14.5. The predicted molar refractivity (Wildman–Crippen MR) is 108 cm³/mol. The number of ether oxygens (including phenoxy) is 1. The fourth-order valence-corrected chi connectivity index (χ4v) is 3.31. The van der Waals surface area contributed by atoms with Gasteiger partial charge in [-0.05, 0) is 30.3 Å². The van der Waals surface area contributed by atoms with Crippen LogP contribution in [0.1, 0.15) is 15.9 Å². The van der Waals surface area contributed by atoms with Crippen LogP contribution in [0.25, 0.3) is 0 Å². The molecule has 0 spiro atoms. The van der Waals surface area contributed by atoms with Crippen molar-refractivity contribution < 1.29 is 18.7 Å². The minimum Gasteiger partial charge on any atom is -0.497 e. The van der Waals surface area contributed by atoms with Crippen molar-refractivity contribution in [2.45, 2.75) is 6.54 Å². The largest absolute Gasteiger partial charge is 0.497 e. The molecule has 0 aromatic heterocycles. The Morgan fingerprint density at radius 3 is 2.31 bits per heavy atom. The topological polar surface area (TPSA) is 53.1 Å². The fourth-order valence-electron chi connectivity index (χ4n) is 3.31. The van der Waals surface area contributed by atoms with Gasteiger partial charge >= 0.3 is 0 Å². The molecular formula is C22H26FN3O3. The van der Waals surface area contributed by atoms with Crippen LogP contribution in [-0.2, 0) is 11.3 Å². The lowest BCUT2D eigenvalue weighted by Gasteiger charge is -2.35. The van der Waals surface area contributed by atoms with Crippen LogP contribution in [0.5, 0.6) is 5.75 Å². The first-order valence-electron chi connectivity index (χ1n) is 9.61. The molecule has 2 aromatic carbocycles. The van der Waals surface area contributed by atoms with Crippen LogP contribution in [0.3, 0.4) is 0 Å². The van der Waals surface area contributed by atoms with Crippen LogP contribution >= 0.6 is 0 Å². The van der Waals surface area contributed by atoms with Crippen molar-refractivity contribution >= 4 is 11.8 Å². The van der Waals surface area contributed by atoms with E-state index in [1.165, 1.54) is 11.0 Å². The van der Waals surface area contributed by atoms with Gasteiger partial charge < -0.3 is 14.5 Å². The van der Waals surface area contributed by atoms with Gasteiger partial charge in [0.05, 0.1) is 13.7 Å². The quantitative estimate of drug-likeness (QED) is 0.748. The number of halogens is 1. The summed E-state index contributed by atoms with van der Waals surface area (Å²) in [6, 6.07) is 13.5. The maximum absolute atomic E-state index is 13.8. The molecule has 29 heavy (non-hydrogen) atoms. The molecule has 154 valence electrons. The van der Waals surface area contributed by atoms with Crippen LogP contribution in [0.15, 0.2) is 48.5 Å². The number of piperazine rings is 1. The molecule has 6 nitrogen and oxygen atoms in total. The highest BCUT2D eigenvalue weighted by Crippen LogP contribution is 2.15. The molecule has 1 fully saturated rings. The van der Waals surface area contributed by atoms with Crippen LogP contribution < -0.4 is 4.74 Å². The van der Waals surface area contributed by atoms with Crippen molar-refractivity contribution in [3.63, 3.8) is 0 Å². The second kappa shape index (κ2) is 9.52.